The first-order chi connectivity index (χ1) is 8.20. The van der Waals surface area contributed by atoms with Crippen LogP contribution in [0.5, 0.6) is 0 Å². The molecule has 0 N–H and O–H groups in total. The van der Waals surface area contributed by atoms with Crippen LogP contribution in [-0.2, 0) is 4.74 Å². The Bertz CT molecular complexity index is 210. The van der Waals surface area contributed by atoms with Crippen LogP contribution >= 0.6 is 0 Å². The lowest BCUT2D eigenvalue weighted by atomic mass is 9.67. The fourth-order valence-electron chi connectivity index (χ4n) is 3.74. The second-order valence-corrected chi connectivity index (χ2v) is 6.83. The Hall–Kier alpha value is -0.0400. The van der Waals surface area contributed by atoms with Crippen molar-refractivity contribution in [2.45, 2.75) is 84.2 Å². The predicted molar refractivity (Wildman–Crippen MR) is 73.2 cm³/mol. The molecule has 1 heterocycles. The molecule has 0 aromatic rings. The molecule has 17 heavy (non-hydrogen) atoms. The Balaban J connectivity index is 1.90. The van der Waals surface area contributed by atoms with E-state index in [-0.39, 0.29) is 0 Å². The smallest absolute Gasteiger partial charge is 0.0581 e. The summed E-state index contributed by atoms with van der Waals surface area (Å²) in [6, 6.07) is 0. The van der Waals surface area contributed by atoms with Gasteiger partial charge in [-0.15, -0.1) is 0 Å². The quantitative estimate of drug-likeness (QED) is 0.659. The largest absolute Gasteiger partial charge is 0.378 e. The lowest BCUT2D eigenvalue weighted by molar-refractivity contribution is 0.0359. The summed E-state index contributed by atoms with van der Waals surface area (Å²) in [5, 5.41) is 0. The van der Waals surface area contributed by atoms with Gasteiger partial charge < -0.3 is 4.74 Å². The summed E-state index contributed by atoms with van der Waals surface area (Å²) < 4.78 is 5.89. The highest BCUT2D eigenvalue weighted by molar-refractivity contribution is 4.86. The Morgan fingerprint density at radius 3 is 2.47 bits per heavy atom. The zero-order valence-corrected chi connectivity index (χ0v) is 11.8. The maximum absolute atomic E-state index is 5.89. The van der Waals surface area contributed by atoms with Crippen LogP contribution in [-0.4, -0.2) is 12.7 Å². The first-order valence-corrected chi connectivity index (χ1v) is 7.82. The van der Waals surface area contributed by atoms with Gasteiger partial charge in [0.05, 0.1) is 6.10 Å². The minimum absolute atomic E-state index is 0.597. The van der Waals surface area contributed by atoms with Gasteiger partial charge in [-0.1, -0.05) is 39.5 Å². The SMILES string of the molecule is CC(C)CCC1(CC2CCCO2)CCCCC1. The summed E-state index contributed by atoms with van der Waals surface area (Å²) in [5.74, 6) is 0.860. The molecule has 1 atom stereocenters. The minimum Gasteiger partial charge on any atom is -0.378 e. The molecule has 0 bridgehead atoms. The molecule has 0 radical (unpaired) electrons. The molecule has 100 valence electrons. The third kappa shape index (κ3) is 3.98. The summed E-state index contributed by atoms with van der Waals surface area (Å²) in [6.45, 7) is 5.75. The van der Waals surface area contributed by atoms with Crippen LogP contribution < -0.4 is 0 Å². The van der Waals surface area contributed by atoms with E-state index in [4.69, 9.17) is 4.74 Å². The number of hydrogen-bond donors (Lipinski definition) is 0. The van der Waals surface area contributed by atoms with Gasteiger partial charge in [0.1, 0.15) is 0 Å². The van der Waals surface area contributed by atoms with Gasteiger partial charge in [0.25, 0.3) is 0 Å². The molecule has 2 fully saturated rings. The third-order valence-corrected chi connectivity index (χ3v) is 4.85. The molecule has 1 nitrogen and oxygen atoms in total. The molecule has 2 rings (SSSR count). The van der Waals surface area contributed by atoms with E-state index in [1.54, 1.807) is 0 Å². The van der Waals surface area contributed by atoms with Gasteiger partial charge in [0.2, 0.25) is 0 Å². The van der Waals surface area contributed by atoms with Crippen molar-refractivity contribution in [1.29, 1.82) is 0 Å². The van der Waals surface area contributed by atoms with Crippen LogP contribution in [0.1, 0.15) is 78.1 Å². The number of hydrogen-bond acceptors (Lipinski definition) is 1. The zero-order chi connectivity index (χ0) is 12.1. The van der Waals surface area contributed by atoms with Crippen LogP contribution in [0, 0.1) is 11.3 Å². The monoisotopic (exact) mass is 238 g/mol. The van der Waals surface area contributed by atoms with Gasteiger partial charge in [-0.3, -0.25) is 0 Å². The Morgan fingerprint density at radius 2 is 1.88 bits per heavy atom. The maximum Gasteiger partial charge on any atom is 0.0581 e. The average Bonchev–Trinajstić information content (AvgIpc) is 2.80. The van der Waals surface area contributed by atoms with Crippen LogP contribution in [0.2, 0.25) is 0 Å². The maximum atomic E-state index is 5.89. The first kappa shape index (κ1) is 13.4. The van der Waals surface area contributed by atoms with E-state index in [9.17, 15) is 0 Å². The highest BCUT2D eigenvalue weighted by atomic mass is 16.5. The normalized spacial score (nSPS) is 28.8. The fourth-order valence-corrected chi connectivity index (χ4v) is 3.74. The van der Waals surface area contributed by atoms with Crippen molar-refractivity contribution in [3.8, 4) is 0 Å². The molecule has 2 aliphatic rings. The summed E-state index contributed by atoms with van der Waals surface area (Å²) in [5.41, 5.74) is 0.650. The molecule has 0 aromatic heterocycles. The number of rotatable bonds is 5. The van der Waals surface area contributed by atoms with E-state index < -0.39 is 0 Å². The molecule has 1 aliphatic carbocycles. The van der Waals surface area contributed by atoms with E-state index in [2.05, 4.69) is 13.8 Å². The lowest BCUT2D eigenvalue weighted by Gasteiger charge is -2.39. The molecule has 1 unspecified atom stereocenters. The van der Waals surface area contributed by atoms with E-state index in [0.29, 0.717) is 11.5 Å². The first-order valence-electron chi connectivity index (χ1n) is 7.82. The van der Waals surface area contributed by atoms with Gasteiger partial charge in [-0.25, -0.2) is 0 Å². The van der Waals surface area contributed by atoms with Crippen molar-refractivity contribution in [2.75, 3.05) is 6.61 Å². The van der Waals surface area contributed by atoms with E-state index in [1.165, 1.54) is 64.2 Å². The summed E-state index contributed by atoms with van der Waals surface area (Å²) in [6.07, 6.45) is 14.8. The van der Waals surface area contributed by atoms with Gasteiger partial charge in [0, 0.05) is 6.61 Å². The third-order valence-electron chi connectivity index (χ3n) is 4.85. The van der Waals surface area contributed by atoms with E-state index >= 15 is 0 Å². The van der Waals surface area contributed by atoms with Crippen LogP contribution in [0.25, 0.3) is 0 Å². The van der Waals surface area contributed by atoms with Gasteiger partial charge in [-0.05, 0) is 49.9 Å². The Morgan fingerprint density at radius 1 is 1.12 bits per heavy atom. The standard InChI is InChI=1S/C16H30O/c1-14(2)8-11-16(9-4-3-5-10-16)13-15-7-6-12-17-15/h14-15H,3-13H2,1-2H3. The van der Waals surface area contributed by atoms with Crippen LogP contribution in [0.3, 0.4) is 0 Å². The Labute approximate surface area is 107 Å². The molecule has 0 amide bonds. The van der Waals surface area contributed by atoms with Crippen molar-refractivity contribution in [1.82, 2.24) is 0 Å². The van der Waals surface area contributed by atoms with Crippen molar-refractivity contribution >= 4 is 0 Å². The van der Waals surface area contributed by atoms with Crippen LogP contribution in [0.4, 0.5) is 0 Å². The highest BCUT2D eigenvalue weighted by Gasteiger charge is 2.35. The molecule has 0 spiro atoms. The van der Waals surface area contributed by atoms with Crippen molar-refractivity contribution < 1.29 is 4.74 Å². The average molecular weight is 238 g/mol. The predicted octanol–water partition coefficient (Wildman–Crippen LogP) is 4.94. The molecular formula is C16H30O. The summed E-state index contributed by atoms with van der Waals surface area (Å²) in [7, 11) is 0. The van der Waals surface area contributed by atoms with Crippen molar-refractivity contribution in [3.05, 3.63) is 0 Å². The van der Waals surface area contributed by atoms with Gasteiger partial charge >= 0.3 is 0 Å². The molecule has 1 saturated carbocycles. The van der Waals surface area contributed by atoms with E-state index in [0.717, 1.165) is 12.5 Å². The second-order valence-electron chi connectivity index (χ2n) is 6.83. The molecule has 1 saturated heterocycles. The molecule has 0 aromatic carbocycles. The van der Waals surface area contributed by atoms with Crippen LogP contribution in [0.15, 0.2) is 0 Å². The highest BCUT2D eigenvalue weighted by Crippen LogP contribution is 2.46. The topological polar surface area (TPSA) is 9.23 Å². The van der Waals surface area contributed by atoms with Crippen molar-refractivity contribution in [3.63, 3.8) is 0 Å². The van der Waals surface area contributed by atoms with Gasteiger partial charge in [0.15, 0.2) is 0 Å². The van der Waals surface area contributed by atoms with E-state index in [1.807, 2.05) is 0 Å². The molecule has 1 aliphatic heterocycles. The minimum atomic E-state index is 0.597. The zero-order valence-electron chi connectivity index (χ0n) is 11.8. The summed E-state index contributed by atoms with van der Waals surface area (Å²) >= 11 is 0. The number of ether oxygens (including phenoxy) is 1. The van der Waals surface area contributed by atoms with Gasteiger partial charge in [-0.2, -0.15) is 0 Å². The molecular weight excluding hydrogens is 208 g/mol. The molecule has 1 heteroatoms. The summed E-state index contributed by atoms with van der Waals surface area (Å²) in [4.78, 5) is 0. The lowest BCUT2D eigenvalue weighted by Crippen LogP contribution is -2.29. The Kier molecular flexibility index (Phi) is 4.90. The fraction of sp³-hybridized carbons (Fsp3) is 1.00. The second kappa shape index (κ2) is 6.22. The van der Waals surface area contributed by atoms with Crippen molar-refractivity contribution in [2.24, 2.45) is 11.3 Å².